The van der Waals surface area contributed by atoms with Crippen molar-refractivity contribution in [3.05, 3.63) is 83.9 Å². The molecule has 168 valence electrons. The van der Waals surface area contributed by atoms with Gasteiger partial charge in [0.1, 0.15) is 9.84 Å². The highest BCUT2D eigenvalue weighted by Gasteiger charge is 2.30. The number of sulfone groups is 1. The average molecular weight is 462 g/mol. The van der Waals surface area contributed by atoms with Crippen molar-refractivity contribution >= 4 is 26.5 Å². The Morgan fingerprint density at radius 2 is 1.72 bits per heavy atom. The van der Waals surface area contributed by atoms with Crippen molar-refractivity contribution in [2.45, 2.75) is 12.6 Å². The van der Waals surface area contributed by atoms with Crippen LogP contribution in [0.25, 0.3) is 21.9 Å². The zero-order valence-corrected chi connectivity index (χ0v) is 18.1. The first-order chi connectivity index (χ1) is 15.0. The maximum absolute atomic E-state index is 12.8. The Balaban J connectivity index is 1.73. The molecule has 0 bridgehead atoms. The zero-order chi connectivity index (χ0) is 23.4. The Labute approximate surface area is 184 Å². The molecule has 32 heavy (non-hydrogen) atoms. The summed E-state index contributed by atoms with van der Waals surface area (Å²) in [5, 5.41) is 4.36. The molecule has 0 aliphatic rings. The number of halogens is 3. The number of nitrogens with one attached hydrogen (secondary N) is 1. The van der Waals surface area contributed by atoms with E-state index in [4.69, 9.17) is 0 Å². The minimum atomic E-state index is -4.39. The number of allylic oxidation sites excluding steroid dienone is 1. The van der Waals surface area contributed by atoms with Crippen LogP contribution in [0.15, 0.2) is 72.8 Å². The number of carbonyl (C=O) groups excluding carboxylic acids is 1. The molecule has 0 saturated heterocycles. The number of hydrogen-bond donors (Lipinski definition) is 1. The smallest absolute Gasteiger partial charge is 0.349 e. The third kappa shape index (κ3) is 6.20. The molecule has 4 nitrogen and oxygen atoms in total. The summed E-state index contributed by atoms with van der Waals surface area (Å²) in [7, 11) is -3.01. The fraction of sp³-hybridized carbons (Fsp3) is 0.208. The molecule has 0 radical (unpaired) electrons. The maximum atomic E-state index is 12.8. The SMILES string of the molecule is CS(=O)(=O)CC/C=C/CNC(=O)c1ccc2c(-c3ccc(C(F)(F)F)cc3)cccc2c1. The van der Waals surface area contributed by atoms with Gasteiger partial charge < -0.3 is 5.32 Å². The number of amides is 1. The lowest BCUT2D eigenvalue weighted by molar-refractivity contribution is -0.137. The van der Waals surface area contributed by atoms with Gasteiger partial charge in [0, 0.05) is 18.4 Å². The van der Waals surface area contributed by atoms with Crippen molar-refractivity contribution in [1.29, 1.82) is 0 Å². The van der Waals surface area contributed by atoms with Crippen molar-refractivity contribution in [2.24, 2.45) is 0 Å². The number of alkyl halides is 3. The summed E-state index contributed by atoms with van der Waals surface area (Å²) >= 11 is 0. The molecule has 8 heteroatoms. The van der Waals surface area contributed by atoms with Crippen LogP contribution in [0, 0.1) is 0 Å². The fourth-order valence-electron chi connectivity index (χ4n) is 3.25. The van der Waals surface area contributed by atoms with E-state index < -0.39 is 21.6 Å². The molecule has 0 aromatic heterocycles. The molecule has 3 aromatic rings. The fourth-order valence-corrected chi connectivity index (χ4v) is 3.82. The molecular formula is C24H22F3NO3S. The van der Waals surface area contributed by atoms with Gasteiger partial charge >= 0.3 is 6.18 Å². The van der Waals surface area contributed by atoms with E-state index in [-0.39, 0.29) is 18.2 Å². The first-order valence-electron chi connectivity index (χ1n) is 9.86. The predicted molar refractivity (Wildman–Crippen MR) is 120 cm³/mol. The summed E-state index contributed by atoms with van der Waals surface area (Å²) in [6.45, 7) is 0.270. The number of rotatable bonds is 7. The highest BCUT2D eigenvalue weighted by atomic mass is 32.2. The minimum Gasteiger partial charge on any atom is -0.349 e. The second-order valence-electron chi connectivity index (χ2n) is 7.42. The normalized spacial score (nSPS) is 12.4. The van der Waals surface area contributed by atoms with Crippen molar-refractivity contribution < 1.29 is 26.4 Å². The summed E-state index contributed by atoms with van der Waals surface area (Å²) in [6.07, 6.45) is 0.579. The molecule has 0 atom stereocenters. The molecule has 3 aromatic carbocycles. The van der Waals surface area contributed by atoms with Crippen LogP contribution in [0.4, 0.5) is 13.2 Å². The first kappa shape index (κ1) is 23.5. The first-order valence-corrected chi connectivity index (χ1v) is 11.9. The Bertz CT molecular complexity index is 1250. The van der Waals surface area contributed by atoms with E-state index in [1.165, 1.54) is 18.4 Å². The number of carbonyl (C=O) groups is 1. The van der Waals surface area contributed by atoms with Crippen molar-refractivity contribution in [3.63, 3.8) is 0 Å². The van der Waals surface area contributed by atoms with E-state index in [0.29, 0.717) is 17.5 Å². The molecule has 0 heterocycles. The quantitative estimate of drug-likeness (QED) is 0.489. The van der Waals surface area contributed by atoms with E-state index in [0.717, 1.165) is 28.5 Å². The van der Waals surface area contributed by atoms with Gasteiger partial charge in [-0.3, -0.25) is 4.79 Å². The van der Waals surface area contributed by atoms with Gasteiger partial charge in [-0.05, 0) is 52.6 Å². The zero-order valence-electron chi connectivity index (χ0n) is 17.3. The molecule has 0 aliphatic carbocycles. The summed E-state index contributed by atoms with van der Waals surface area (Å²) in [5.41, 5.74) is 1.18. The average Bonchev–Trinajstić information content (AvgIpc) is 2.74. The van der Waals surface area contributed by atoms with Crippen molar-refractivity contribution in [3.8, 4) is 11.1 Å². The maximum Gasteiger partial charge on any atom is 0.416 e. The van der Waals surface area contributed by atoms with Gasteiger partial charge in [0.15, 0.2) is 0 Å². The minimum absolute atomic E-state index is 0.0589. The van der Waals surface area contributed by atoms with E-state index in [1.54, 1.807) is 36.4 Å². The lowest BCUT2D eigenvalue weighted by atomic mass is 9.96. The summed E-state index contributed by atoms with van der Waals surface area (Å²) in [5.74, 6) is -0.219. The van der Waals surface area contributed by atoms with E-state index in [2.05, 4.69) is 5.32 Å². The van der Waals surface area contributed by atoms with E-state index >= 15 is 0 Å². The van der Waals surface area contributed by atoms with Gasteiger partial charge in [-0.1, -0.05) is 48.6 Å². The highest BCUT2D eigenvalue weighted by molar-refractivity contribution is 7.90. The largest absolute Gasteiger partial charge is 0.416 e. The molecule has 0 fully saturated rings. The summed E-state index contributed by atoms with van der Waals surface area (Å²) < 4.78 is 60.6. The van der Waals surface area contributed by atoms with Gasteiger partial charge in [0.2, 0.25) is 0 Å². The Hall–Kier alpha value is -3.13. The Kier molecular flexibility index (Phi) is 7.03. The molecule has 0 aliphatic heterocycles. The van der Waals surface area contributed by atoms with Crippen LogP contribution >= 0.6 is 0 Å². The number of benzene rings is 3. The Morgan fingerprint density at radius 1 is 1.00 bits per heavy atom. The van der Waals surface area contributed by atoms with Crippen LogP contribution in [-0.4, -0.2) is 32.9 Å². The highest BCUT2D eigenvalue weighted by Crippen LogP contribution is 2.33. The molecule has 3 rings (SSSR count). The van der Waals surface area contributed by atoms with Crippen LogP contribution < -0.4 is 5.32 Å². The number of hydrogen-bond acceptors (Lipinski definition) is 3. The molecular weight excluding hydrogens is 439 g/mol. The van der Waals surface area contributed by atoms with Crippen LogP contribution in [0.3, 0.4) is 0 Å². The second-order valence-corrected chi connectivity index (χ2v) is 9.68. The van der Waals surface area contributed by atoms with Gasteiger partial charge in [0.25, 0.3) is 5.91 Å². The van der Waals surface area contributed by atoms with Crippen molar-refractivity contribution in [2.75, 3.05) is 18.6 Å². The van der Waals surface area contributed by atoms with Crippen molar-refractivity contribution in [1.82, 2.24) is 5.32 Å². The molecule has 0 saturated carbocycles. The van der Waals surface area contributed by atoms with E-state index in [1.807, 2.05) is 12.1 Å². The van der Waals surface area contributed by atoms with Crippen LogP contribution in [0.5, 0.6) is 0 Å². The molecule has 1 N–H and O–H groups in total. The summed E-state index contributed by atoms with van der Waals surface area (Å²) in [6, 6.07) is 15.6. The third-order valence-corrected chi connectivity index (χ3v) is 5.85. The molecule has 1 amide bonds. The monoisotopic (exact) mass is 461 g/mol. The predicted octanol–water partition coefficient (Wildman–Crippen LogP) is 5.25. The van der Waals surface area contributed by atoms with Crippen LogP contribution in [0.1, 0.15) is 22.3 Å². The molecule has 0 unspecified atom stereocenters. The third-order valence-electron chi connectivity index (χ3n) is 4.87. The standard InChI is InChI=1S/C24H22F3NO3S/c1-32(30,31)15-4-2-3-14-28-23(29)19-10-13-22-18(16-19)6-5-7-21(22)17-8-11-20(12-9-17)24(25,26)27/h2-3,5-13,16H,4,14-15H2,1H3,(H,28,29)/b3-2+. The molecule has 0 spiro atoms. The lowest BCUT2D eigenvalue weighted by Crippen LogP contribution is -2.23. The second kappa shape index (κ2) is 9.56. The van der Waals surface area contributed by atoms with Gasteiger partial charge in [-0.2, -0.15) is 13.2 Å². The van der Waals surface area contributed by atoms with Crippen LogP contribution in [-0.2, 0) is 16.0 Å². The summed E-state index contributed by atoms with van der Waals surface area (Å²) in [4.78, 5) is 12.4. The Morgan fingerprint density at radius 3 is 2.38 bits per heavy atom. The number of fused-ring (bicyclic) bond motifs is 1. The van der Waals surface area contributed by atoms with Gasteiger partial charge in [0.05, 0.1) is 11.3 Å². The topological polar surface area (TPSA) is 63.2 Å². The van der Waals surface area contributed by atoms with Gasteiger partial charge in [-0.25, -0.2) is 8.42 Å². The lowest BCUT2D eigenvalue weighted by Gasteiger charge is -2.11. The van der Waals surface area contributed by atoms with E-state index in [9.17, 15) is 26.4 Å². The van der Waals surface area contributed by atoms with Gasteiger partial charge in [-0.15, -0.1) is 0 Å². The van der Waals surface area contributed by atoms with Crippen LogP contribution in [0.2, 0.25) is 0 Å².